The van der Waals surface area contributed by atoms with Crippen molar-refractivity contribution in [1.82, 2.24) is 9.29 Å². The van der Waals surface area contributed by atoms with Crippen molar-refractivity contribution in [3.63, 3.8) is 0 Å². The molecule has 1 aromatic heterocycles. The van der Waals surface area contributed by atoms with Gasteiger partial charge in [-0.15, -0.1) is 0 Å². The quantitative estimate of drug-likeness (QED) is 0.643. The van der Waals surface area contributed by atoms with E-state index >= 15 is 0 Å². The highest BCUT2D eigenvalue weighted by Crippen LogP contribution is 2.60. The van der Waals surface area contributed by atoms with Crippen LogP contribution in [0.25, 0.3) is 0 Å². The van der Waals surface area contributed by atoms with Gasteiger partial charge in [-0.2, -0.15) is 4.31 Å². The number of piperidine rings is 1. The molecule has 4 bridgehead atoms. The van der Waals surface area contributed by atoms with Crippen molar-refractivity contribution in [1.29, 1.82) is 0 Å². The molecular weight excluding hydrogens is 446 g/mol. The summed E-state index contributed by atoms with van der Waals surface area (Å²) in [6.45, 7) is 0.506. The molecule has 0 spiro atoms. The molecule has 1 atom stereocenters. The number of sulfonamides is 1. The fourth-order valence-electron chi connectivity index (χ4n) is 7.60. The van der Waals surface area contributed by atoms with Crippen molar-refractivity contribution >= 4 is 21.6 Å². The number of pyridine rings is 1. The largest absolute Gasteiger partial charge is 0.326 e. The molecule has 7 rings (SSSR count). The van der Waals surface area contributed by atoms with E-state index in [4.69, 9.17) is 0 Å². The maximum atomic E-state index is 13.6. The lowest BCUT2D eigenvalue weighted by molar-refractivity contribution is -0.140. The molecule has 5 aliphatic rings. The molecule has 0 unspecified atom stereocenters. The molecule has 1 N–H and O–H groups in total. The standard InChI is InChI=1S/C27H33N3O3S/c31-26(27-15-19-12-20(16-27)14-21(13-19)17-27)29-23-6-8-24(9-7-23)34(32,33)30-11-2-1-5-25(30)22-4-3-10-28-18-22/h3-4,6-10,18-21,25H,1-2,5,11-17H2,(H,29,31)/t19?,20?,21?,25-,27?/m1/s1. The summed E-state index contributed by atoms with van der Waals surface area (Å²) in [5, 5.41) is 3.14. The lowest BCUT2D eigenvalue weighted by atomic mass is 9.49. The lowest BCUT2D eigenvalue weighted by Crippen LogP contribution is -2.51. The van der Waals surface area contributed by atoms with Crippen LogP contribution in [0.3, 0.4) is 0 Å². The van der Waals surface area contributed by atoms with Gasteiger partial charge in [0, 0.05) is 24.6 Å². The molecule has 1 aromatic carbocycles. The Bertz CT molecular complexity index is 1130. The molecule has 6 nitrogen and oxygen atoms in total. The monoisotopic (exact) mass is 479 g/mol. The summed E-state index contributed by atoms with van der Waals surface area (Å²) >= 11 is 0. The summed E-state index contributed by atoms with van der Waals surface area (Å²) in [4.78, 5) is 17.8. The molecule has 2 aromatic rings. The third-order valence-electron chi connectivity index (χ3n) is 8.76. The molecule has 1 aliphatic heterocycles. The van der Waals surface area contributed by atoms with E-state index < -0.39 is 10.0 Å². The van der Waals surface area contributed by atoms with Crippen LogP contribution in [0, 0.1) is 23.2 Å². The van der Waals surface area contributed by atoms with Crippen LogP contribution in [-0.2, 0) is 14.8 Å². The zero-order valence-electron chi connectivity index (χ0n) is 19.5. The second-order valence-electron chi connectivity index (χ2n) is 11.1. The van der Waals surface area contributed by atoms with E-state index in [0.29, 0.717) is 30.0 Å². The van der Waals surface area contributed by atoms with Crippen molar-refractivity contribution in [2.75, 3.05) is 11.9 Å². The van der Waals surface area contributed by atoms with E-state index in [1.165, 1.54) is 19.3 Å². The number of carbonyl (C=O) groups excluding carboxylic acids is 1. The number of carbonyl (C=O) groups is 1. The predicted octanol–water partition coefficient (Wildman–Crippen LogP) is 5.15. The molecule has 2 heterocycles. The molecular formula is C27H33N3O3S. The zero-order chi connectivity index (χ0) is 23.3. The van der Waals surface area contributed by atoms with Crippen LogP contribution in [0.4, 0.5) is 5.69 Å². The highest BCUT2D eigenvalue weighted by atomic mass is 32.2. The van der Waals surface area contributed by atoms with Gasteiger partial charge in [0.2, 0.25) is 15.9 Å². The van der Waals surface area contributed by atoms with Crippen LogP contribution < -0.4 is 5.32 Å². The summed E-state index contributed by atoms with van der Waals surface area (Å²) in [5.41, 5.74) is 1.40. The Balaban J connectivity index is 1.19. The average molecular weight is 480 g/mol. The van der Waals surface area contributed by atoms with Gasteiger partial charge in [-0.05, 0) is 105 Å². The summed E-state index contributed by atoms with van der Waals surface area (Å²) < 4.78 is 28.7. The third-order valence-corrected chi connectivity index (χ3v) is 10.7. The van der Waals surface area contributed by atoms with Gasteiger partial charge in [0.15, 0.2) is 0 Å². The summed E-state index contributed by atoms with van der Waals surface area (Å²) in [6.07, 6.45) is 13.1. The first-order chi connectivity index (χ1) is 16.4. The normalized spacial score (nSPS) is 33.1. The third kappa shape index (κ3) is 3.87. The van der Waals surface area contributed by atoms with E-state index in [1.807, 2.05) is 12.1 Å². The van der Waals surface area contributed by atoms with Gasteiger partial charge >= 0.3 is 0 Å². The van der Waals surface area contributed by atoms with Gasteiger partial charge in [0.25, 0.3) is 0 Å². The van der Waals surface area contributed by atoms with Crippen LogP contribution in [0.2, 0.25) is 0 Å². The van der Waals surface area contributed by atoms with Crippen molar-refractivity contribution in [2.45, 2.75) is 68.7 Å². The SMILES string of the molecule is O=C(Nc1ccc(S(=O)(=O)N2CCCC[C@@H]2c2cccnc2)cc1)C12CC3CC(CC(C3)C1)C2. The highest BCUT2D eigenvalue weighted by molar-refractivity contribution is 7.89. The van der Waals surface area contributed by atoms with Crippen LogP contribution in [0.5, 0.6) is 0 Å². The predicted molar refractivity (Wildman–Crippen MR) is 130 cm³/mol. The summed E-state index contributed by atoms with van der Waals surface area (Å²) in [6, 6.07) is 10.4. The maximum Gasteiger partial charge on any atom is 0.243 e. The zero-order valence-corrected chi connectivity index (χ0v) is 20.3. The minimum atomic E-state index is -3.65. The van der Waals surface area contributed by atoms with Crippen molar-refractivity contribution < 1.29 is 13.2 Å². The minimum absolute atomic E-state index is 0.134. The summed E-state index contributed by atoms with van der Waals surface area (Å²) in [7, 11) is -3.65. The Morgan fingerprint density at radius 1 is 0.971 bits per heavy atom. The van der Waals surface area contributed by atoms with Crippen LogP contribution in [-0.4, -0.2) is 30.2 Å². The van der Waals surface area contributed by atoms with Gasteiger partial charge in [-0.25, -0.2) is 8.42 Å². The van der Waals surface area contributed by atoms with E-state index in [2.05, 4.69) is 10.3 Å². The number of amides is 1. The molecule has 5 fully saturated rings. The van der Waals surface area contributed by atoms with Gasteiger partial charge in [0.05, 0.1) is 16.4 Å². The first-order valence-electron chi connectivity index (χ1n) is 12.8. The number of nitrogens with zero attached hydrogens (tertiary/aromatic N) is 2. The molecule has 34 heavy (non-hydrogen) atoms. The molecule has 7 heteroatoms. The molecule has 1 saturated heterocycles. The van der Waals surface area contributed by atoms with E-state index in [0.717, 1.165) is 44.1 Å². The van der Waals surface area contributed by atoms with Crippen LogP contribution in [0.15, 0.2) is 53.7 Å². The molecule has 1 amide bonds. The average Bonchev–Trinajstić information content (AvgIpc) is 2.84. The first-order valence-corrected chi connectivity index (χ1v) is 14.2. The number of hydrogen-bond acceptors (Lipinski definition) is 4. The van der Waals surface area contributed by atoms with Gasteiger partial charge < -0.3 is 5.32 Å². The number of rotatable bonds is 5. The minimum Gasteiger partial charge on any atom is -0.326 e. The number of hydrogen-bond donors (Lipinski definition) is 1. The topological polar surface area (TPSA) is 79.4 Å². The Morgan fingerprint density at radius 3 is 2.26 bits per heavy atom. The van der Waals surface area contributed by atoms with Crippen LogP contribution in [0.1, 0.15) is 69.4 Å². The smallest absolute Gasteiger partial charge is 0.243 e. The Kier molecular flexibility index (Phi) is 5.52. The molecule has 4 aliphatic carbocycles. The fraction of sp³-hybridized carbons (Fsp3) is 0.556. The number of nitrogens with one attached hydrogen (secondary N) is 1. The lowest BCUT2D eigenvalue weighted by Gasteiger charge is -2.55. The maximum absolute atomic E-state index is 13.6. The van der Waals surface area contributed by atoms with Crippen molar-refractivity contribution in [3.8, 4) is 0 Å². The van der Waals surface area contributed by atoms with Crippen molar-refractivity contribution in [3.05, 3.63) is 54.4 Å². The Hall–Kier alpha value is -2.25. The van der Waals surface area contributed by atoms with E-state index in [1.54, 1.807) is 41.0 Å². The number of aromatic nitrogens is 1. The highest BCUT2D eigenvalue weighted by Gasteiger charge is 2.54. The van der Waals surface area contributed by atoms with E-state index in [-0.39, 0.29) is 22.3 Å². The van der Waals surface area contributed by atoms with Crippen molar-refractivity contribution in [2.24, 2.45) is 23.2 Å². The van der Waals surface area contributed by atoms with E-state index in [9.17, 15) is 13.2 Å². The first kappa shape index (κ1) is 22.2. The van der Waals surface area contributed by atoms with Crippen LogP contribution >= 0.6 is 0 Å². The second-order valence-corrected chi connectivity index (χ2v) is 13.0. The fourth-order valence-corrected chi connectivity index (χ4v) is 9.28. The van der Waals surface area contributed by atoms with Gasteiger partial charge in [0.1, 0.15) is 0 Å². The number of benzene rings is 1. The molecule has 0 radical (unpaired) electrons. The molecule has 180 valence electrons. The van der Waals surface area contributed by atoms with Gasteiger partial charge in [-0.3, -0.25) is 9.78 Å². The summed E-state index contributed by atoms with van der Waals surface area (Å²) in [5.74, 6) is 2.26. The molecule has 4 saturated carbocycles. The van der Waals surface area contributed by atoms with Gasteiger partial charge in [-0.1, -0.05) is 12.5 Å². The number of anilines is 1. The second kappa shape index (κ2) is 8.45. The Labute approximate surface area is 202 Å². The Morgan fingerprint density at radius 2 is 1.65 bits per heavy atom.